The average molecular weight is 262 g/mol. The Balaban J connectivity index is 1.62. The molecule has 0 nitrogen and oxygen atoms in total. The van der Waals surface area contributed by atoms with Crippen LogP contribution in [0.1, 0.15) is 96.3 Å². The first kappa shape index (κ1) is 14.0. The fraction of sp³-hybridized carbons (Fsp3) is 1.00. The van der Waals surface area contributed by atoms with Crippen molar-refractivity contribution < 1.29 is 0 Å². The lowest BCUT2D eigenvalue weighted by Crippen LogP contribution is -2.25. The number of hydrogen-bond acceptors (Lipinski definition) is 0. The second-order valence-corrected chi connectivity index (χ2v) is 7.76. The topological polar surface area (TPSA) is 0 Å². The van der Waals surface area contributed by atoms with Crippen molar-refractivity contribution in [3.63, 3.8) is 0 Å². The lowest BCUT2D eigenvalue weighted by molar-refractivity contribution is 0.165. The maximum absolute atomic E-state index is 1.59. The maximum atomic E-state index is 1.59. The predicted molar refractivity (Wildman–Crippen MR) is 83.2 cm³/mol. The van der Waals surface area contributed by atoms with E-state index in [0.29, 0.717) is 0 Å². The molecule has 0 aromatic rings. The molecule has 110 valence electrons. The first-order valence-corrected chi connectivity index (χ1v) is 9.45. The average Bonchev–Trinajstić information content (AvgIpc) is 2.67. The molecule has 0 amide bonds. The third kappa shape index (κ3) is 3.56. The zero-order valence-corrected chi connectivity index (χ0v) is 12.9. The van der Waals surface area contributed by atoms with E-state index in [0.717, 1.165) is 23.7 Å². The molecule has 0 bridgehead atoms. The molecule has 0 N–H and O–H groups in total. The molecule has 0 aliphatic heterocycles. The zero-order valence-electron chi connectivity index (χ0n) is 12.9. The van der Waals surface area contributed by atoms with E-state index in [1.807, 2.05) is 0 Å². The maximum Gasteiger partial charge on any atom is -0.0355 e. The molecule has 0 radical (unpaired) electrons. The van der Waals surface area contributed by atoms with Gasteiger partial charge in [-0.1, -0.05) is 83.5 Å². The first-order valence-electron chi connectivity index (χ1n) is 9.45. The molecule has 0 aromatic carbocycles. The van der Waals surface area contributed by atoms with Gasteiger partial charge in [0.1, 0.15) is 0 Å². The molecular formula is C19H34. The van der Waals surface area contributed by atoms with Crippen LogP contribution in [0.5, 0.6) is 0 Å². The number of hydrogen-bond donors (Lipinski definition) is 0. The second kappa shape index (κ2) is 7.14. The third-order valence-corrected chi connectivity index (χ3v) is 6.64. The predicted octanol–water partition coefficient (Wildman–Crippen LogP) is 6.34. The molecule has 0 heterocycles. The van der Waals surface area contributed by atoms with E-state index in [2.05, 4.69) is 0 Å². The fourth-order valence-electron chi connectivity index (χ4n) is 5.67. The molecule has 0 aromatic heterocycles. The summed E-state index contributed by atoms with van der Waals surface area (Å²) in [5.41, 5.74) is 0. The van der Waals surface area contributed by atoms with Gasteiger partial charge in [-0.05, 0) is 36.5 Å². The Morgan fingerprint density at radius 2 is 0.684 bits per heavy atom. The smallest absolute Gasteiger partial charge is 0.0355 e. The van der Waals surface area contributed by atoms with Gasteiger partial charge in [0.25, 0.3) is 0 Å². The molecule has 3 rings (SSSR count). The van der Waals surface area contributed by atoms with Crippen LogP contribution in [0, 0.1) is 23.7 Å². The standard InChI is InChI=1S/C19H34/c1-2-6-11-16(10-5-1)18-14-9-15-19(18)17-12-7-3-4-8-13-17/h16-19H,1-15H2. The SMILES string of the molecule is C1CCCC(C2CCCC2C2CCCCCC2)CC1. The van der Waals surface area contributed by atoms with Crippen LogP contribution in [0.4, 0.5) is 0 Å². The summed E-state index contributed by atoms with van der Waals surface area (Å²) in [6, 6.07) is 0. The van der Waals surface area contributed by atoms with Gasteiger partial charge in [-0.2, -0.15) is 0 Å². The van der Waals surface area contributed by atoms with Gasteiger partial charge in [0, 0.05) is 0 Å². The Kier molecular flexibility index (Phi) is 5.24. The molecule has 3 fully saturated rings. The summed E-state index contributed by atoms with van der Waals surface area (Å²) in [6.07, 6.45) is 23.3. The van der Waals surface area contributed by atoms with Gasteiger partial charge in [-0.3, -0.25) is 0 Å². The second-order valence-electron chi connectivity index (χ2n) is 7.76. The van der Waals surface area contributed by atoms with Crippen molar-refractivity contribution in [1.82, 2.24) is 0 Å². The Labute approximate surface area is 120 Å². The van der Waals surface area contributed by atoms with Crippen molar-refractivity contribution in [3.05, 3.63) is 0 Å². The molecule has 0 heteroatoms. The van der Waals surface area contributed by atoms with E-state index in [9.17, 15) is 0 Å². The van der Waals surface area contributed by atoms with Crippen LogP contribution >= 0.6 is 0 Å². The van der Waals surface area contributed by atoms with Gasteiger partial charge in [0.2, 0.25) is 0 Å². The van der Waals surface area contributed by atoms with Crippen molar-refractivity contribution in [1.29, 1.82) is 0 Å². The summed E-state index contributed by atoms with van der Waals surface area (Å²) in [5, 5.41) is 0. The monoisotopic (exact) mass is 262 g/mol. The summed E-state index contributed by atoms with van der Waals surface area (Å²) < 4.78 is 0. The normalized spacial score (nSPS) is 36.0. The lowest BCUT2D eigenvalue weighted by atomic mass is 9.72. The molecule has 0 saturated heterocycles. The van der Waals surface area contributed by atoms with Crippen molar-refractivity contribution in [2.24, 2.45) is 23.7 Å². The Morgan fingerprint density at radius 3 is 1.05 bits per heavy atom. The van der Waals surface area contributed by atoms with Crippen molar-refractivity contribution in [2.75, 3.05) is 0 Å². The highest BCUT2D eigenvalue weighted by Gasteiger charge is 2.37. The van der Waals surface area contributed by atoms with Crippen LogP contribution in [0.3, 0.4) is 0 Å². The van der Waals surface area contributed by atoms with Crippen LogP contribution in [-0.4, -0.2) is 0 Å². The molecule has 3 aliphatic rings. The summed E-state index contributed by atoms with van der Waals surface area (Å²) in [5.74, 6) is 4.53. The van der Waals surface area contributed by atoms with Gasteiger partial charge in [0.15, 0.2) is 0 Å². The van der Waals surface area contributed by atoms with E-state index in [4.69, 9.17) is 0 Å². The highest BCUT2D eigenvalue weighted by Crippen LogP contribution is 2.48. The highest BCUT2D eigenvalue weighted by atomic mass is 14.4. The highest BCUT2D eigenvalue weighted by molar-refractivity contribution is 4.88. The van der Waals surface area contributed by atoms with Crippen molar-refractivity contribution >= 4 is 0 Å². The summed E-state index contributed by atoms with van der Waals surface area (Å²) in [7, 11) is 0. The Hall–Kier alpha value is 0. The van der Waals surface area contributed by atoms with Crippen LogP contribution in [0.25, 0.3) is 0 Å². The summed E-state index contributed by atoms with van der Waals surface area (Å²) in [4.78, 5) is 0. The van der Waals surface area contributed by atoms with E-state index < -0.39 is 0 Å². The Bertz CT molecular complexity index is 215. The molecule has 19 heavy (non-hydrogen) atoms. The van der Waals surface area contributed by atoms with Crippen LogP contribution in [-0.2, 0) is 0 Å². The fourth-order valence-corrected chi connectivity index (χ4v) is 5.67. The van der Waals surface area contributed by atoms with Gasteiger partial charge in [-0.25, -0.2) is 0 Å². The molecule has 3 saturated carbocycles. The summed E-state index contributed by atoms with van der Waals surface area (Å²) >= 11 is 0. The minimum absolute atomic E-state index is 1.12. The van der Waals surface area contributed by atoms with E-state index in [1.54, 1.807) is 70.6 Å². The Morgan fingerprint density at radius 1 is 0.316 bits per heavy atom. The first-order chi connectivity index (χ1) is 9.45. The quantitative estimate of drug-likeness (QED) is 0.509. The van der Waals surface area contributed by atoms with Crippen molar-refractivity contribution in [2.45, 2.75) is 96.3 Å². The minimum atomic E-state index is 1.12. The van der Waals surface area contributed by atoms with E-state index in [-0.39, 0.29) is 0 Å². The third-order valence-electron chi connectivity index (χ3n) is 6.64. The molecular weight excluding hydrogens is 228 g/mol. The van der Waals surface area contributed by atoms with Crippen LogP contribution in [0.15, 0.2) is 0 Å². The van der Waals surface area contributed by atoms with Crippen LogP contribution < -0.4 is 0 Å². The van der Waals surface area contributed by atoms with E-state index >= 15 is 0 Å². The van der Waals surface area contributed by atoms with Crippen molar-refractivity contribution in [3.8, 4) is 0 Å². The van der Waals surface area contributed by atoms with Gasteiger partial charge in [0.05, 0.1) is 0 Å². The largest absolute Gasteiger partial charge is 0.0533 e. The molecule has 3 aliphatic carbocycles. The molecule has 2 unspecified atom stereocenters. The minimum Gasteiger partial charge on any atom is -0.0533 e. The number of rotatable bonds is 2. The van der Waals surface area contributed by atoms with Crippen LogP contribution in [0.2, 0.25) is 0 Å². The summed E-state index contributed by atoms with van der Waals surface area (Å²) in [6.45, 7) is 0. The molecule has 2 atom stereocenters. The zero-order chi connectivity index (χ0) is 12.9. The van der Waals surface area contributed by atoms with Gasteiger partial charge >= 0.3 is 0 Å². The lowest BCUT2D eigenvalue weighted by Gasteiger charge is -2.33. The van der Waals surface area contributed by atoms with Gasteiger partial charge in [-0.15, -0.1) is 0 Å². The molecule has 0 spiro atoms. The van der Waals surface area contributed by atoms with E-state index in [1.165, 1.54) is 25.7 Å². The van der Waals surface area contributed by atoms with Gasteiger partial charge < -0.3 is 0 Å².